The molecular weight excluding hydrogens is 496 g/mol. The fourth-order valence-electron chi connectivity index (χ4n) is 3.52. The fourth-order valence-corrected chi connectivity index (χ4v) is 3.52. The van der Waals surface area contributed by atoms with E-state index in [0.717, 1.165) is 0 Å². The fraction of sp³-hybridized carbons (Fsp3) is 0.231. The van der Waals surface area contributed by atoms with Gasteiger partial charge in [-0.15, -0.1) is 0 Å². The molecule has 0 heterocycles. The zero-order valence-electron chi connectivity index (χ0n) is 20.0. The zero-order chi connectivity index (χ0) is 27.7. The third kappa shape index (κ3) is 7.33. The molecule has 198 valence electrons. The SMILES string of the molecule is O=[N+]([O-])c1ccc(C(O)[C@H](CO)N=Cc2ccc(C=N[C@@H](CO)C(O)c3ccc([N+](=O)[O-])cc3)cc2)cc1. The first-order valence-electron chi connectivity index (χ1n) is 11.5. The van der Waals surface area contributed by atoms with Crippen molar-refractivity contribution >= 4 is 23.8 Å². The number of aliphatic imine (C=N–C) groups is 2. The summed E-state index contributed by atoms with van der Waals surface area (Å²) in [5.41, 5.74) is 1.88. The first kappa shape index (κ1) is 28.2. The molecule has 0 aliphatic heterocycles. The number of hydrogen-bond donors (Lipinski definition) is 4. The molecule has 0 spiro atoms. The Bertz CT molecular complexity index is 1180. The highest BCUT2D eigenvalue weighted by molar-refractivity contribution is 5.84. The van der Waals surface area contributed by atoms with Crippen LogP contribution in [0.2, 0.25) is 0 Å². The first-order chi connectivity index (χ1) is 18.2. The second-order valence-corrected chi connectivity index (χ2v) is 8.31. The maximum Gasteiger partial charge on any atom is 0.269 e. The van der Waals surface area contributed by atoms with Crippen molar-refractivity contribution in [3.8, 4) is 0 Å². The Morgan fingerprint density at radius 3 is 1.21 bits per heavy atom. The summed E-state index contributed by atoms with van der Waals surface area (Å²) in [7, 11) is 0. The smallest absolute Gasteiger partial charge is 0.269 e. The van der Waals surface area contributed by atoms with Crippen LogP contribution in [0.1, 0.15) is 34.5 Å². The molecule has 0 fully saturated rings. The van der Waals surface area contributed by atoms with E-state index in [0.29, 0.717) is 22.3 Å². The molecule has 0 radical (unpaired) electrons. The highest BCUT2D eigenvalue weighted by atomic mass is 16.6. The van der Waals surface area contributed by atoms with Crippen LogP contribution in [-0.2, 0) is 0 Å². The van der Waals surface area contributed by atoms with Gasteiger partial charge >= 0.3 is 0 Å². The van der Waals surface area contributed by atoms with Gasteiger partial charge in [-0.25, -0.2) is 0 Å². The number of nitro groups is 2. The van der Waals surface area contributed by atoms with Gasteiger partial charge in [0.25, 0.3) is 11.4 Å². The van der Waals surface area contributed by atoms with E-state index in [-0.39, 0.29) is 11.4 Å². The molecule has 4 atom stereocenters. The number of nitrogens with zero attached hydrogens (tertiary/aromatic N) is 4. The molecule has 0 aliphatic carbocycles. The minimum absolute atomic E-state index is 0.111. The number of aliphatic hydroxyl groups excluding tert-OH is 4. The summed E-state index contributed by atoms with van der Waals surface area (Å²) >= 11 is 0. The standard InChI is InChI=1S/C26H26N4O8/c31-15-23(25(33)19-5-9-21(10-6-19)29(35)36)27-13-17-1-2-18(4-3-17)14-28-24(16-32)26(34)20-7-11-22(12-8-20)30(37)38/h1-14,23-26,31-34H,15-16H2/t23-,24-,25?,26?/m0/s1. The predicted octanol–water partition coefficient (Wildman–Crippen LogP) is 2.53. The van der Waals surface area contributed by atoms with E-state index in [9.17, 15) is 40.7 Å². The zero-order valence-corrected chi connectivity index (χ0v) is 20.0. The van der Waals surface area contributed by atoms with Crippen LogP contribution in [0, 0.1) is 20.2 Å². The predicted molar refractivity (Wildman–Crippen MR) is 139 cm³/mol. The molecule has 12 nitrogen and oxygen atoms in total. The number of aliphatic hydroxyl groups is 4. The van der Waals surface area contributed by atoms with E-state index in [1.54, 1.807) is 24.3 Å². The Morgan fingerprint density at radius 1 is 0.632 bits per heavy atom. The lowest BCUT2D eigenvalue weighted by Crippen LogP contribution is -2.21. The van der Waals surface area contributed by atoms with Gasteiger partial charge < -0.3 is 20.4 Å². The second-order valence-electron chi connectivity index (χ2n) is 8.31. The van der Waals surface area contributed by atoms with E-state index in [1.165, 1.54) is 61.0 Å². The van der Waals surface area contributed by atoms with Gasteiger partial charge in [-0.2, -0.15) is 0 Å². The van der Waals surface area contributed by atoms with Crippen LogP contribution >= 0.6 is 0 Å². The third-order valence-electron chi connectivity index (χ3n) is 5.76. The Morgan fingerprint density at radius 2 is 0.947 bits per heavy atom. The first-order valence-corrected chi connectivity index (χ1v) is 11.5. The van der Waals surface area contributed by atoms with Gasteiger partial charge in [-0.1, -0.05) is 24.3 Å². The quantitative estimate of drug-likeness (QED) is 0.158. The van der Waals surface area contributed by atoms with Crippen LogP contribution in [0.4, 0.5) is 11.4 Å². The van der Waals surface area contributed by atoms with Crippen molar-refractivity contribution in [1.29, 1.82) is 0 Å². The molecular formula is C26H26N4O8. The molecule has 0 amide bonds. The molecule has 2 unspecified atom stereocenters. The van der Waals surface area contributed by atoms with E-state index >= 15 is 0 Å². The maximum absolute atomic E-state index is 10.8. The molecule has 3 rings (SSSR count). The van der Waals surface area contributed by atoms with Crippen molar-refractivity contribution in [3.63, 3.8) is 0 Å². The van der Waals surface area contributed by atoms with Gasteiger partial charge in [0.2, 0.25) is 0 Å². The summed E-state index contributed by atoms with van der Waals surface area (Å²) < 4.78 is 0. The number of rotatable bonds is 12. The molecule has 3 aromatic carbocycles. The molecule has 0 saturated carbocycles. The Labute approximate surface area is 217 Å². The van der Waals surface area contributed by atoms with Gasteiger partial charge in [0.15, 0.2) is 0 Å². The van der Waals surface area contributed by atoms with Gasteiger partial charge in [0, 0.05) is 36.7 Å². The number of nitro benzene ring substituents is 2. The summed E-state index contributed by atoms with van der Waals surface area (Å²) in [6, 6.07) is 15.8. The van der Waals surface area contributed by atoms with Crippen LogP contribution < -0.4 is 0 Å². The maximum atomic E-state index is 10.8. The van der Waals surface area contributed by atoms with Crippen molar-refractivity contribution in [3.05, 3.63) is 115 Å². The molecule has 0 aliphatic rings. The molecule has 3 aromatic rings. The van der Waals surface area contributed by atoms with Crippen molar-refractivity contribution in [1.82, 2.24) is 0 Å². The highest BCUT2D eigenvalue weighted by Crippen LogP contribution is 2.23. The largest absolute Gasteiger partial charge is 0.394 e. The Kier molecular flexibility index (Phi) is 9.85. The van der Waals surface area contributed by atoms with Crippen molar-refractivity contribution < 1.29 is 30.3 Å². The summed E-state index contributed by atoms with van der Waals surface area (Å²) in [4.78, 5) is 29.0. The third-order valence-corrected chi connectivity index (χ3v) is 5.76. The van der Waals surface area contributed by atoms with Gasteiger partial charge in [-0.05, 0) is 46.5 Å². The van der Waals surface area contributed by atoms with E-state index in [2.05, 4.69) is 9.98 Å². The van der Waals surface area contributed by atoms with Gasteiger partial charge in [0.05, 0.1) is 23.1 Å². The average Bonchev–Trinajstić information content (AvgIpc) is 2.94. The van der Waals surface area contributed by atoms with E-state index in [1.807, 2.05) is 0 Å². The van der Waals surface area contributed by atoms with Crippen molar-refractivity contribution in [2.75, 3.05) is 13.2 Å². The monoisotopic (exact) mass is 522 g/mol. The summed E-state index contributed by atoms with van der Waals surface area (Å²) in [5.74, 6) is 0. The van der Waals surface area contributed by atoms with E-state index in [4.69, 9.17) is 0 Å². The number of non-ortho nitro benzene ring substituents is 2. The average molecular weight is 523 g/mol. The van der Waals surface area contributed by atoms with Crippen LogP contribution in [0.15, 0.2) is 82.8 Å². The second kappa shape index (κ2) is 13.3. The Hall–Kier alpha value is -4.36. The molecule has 0 bridgehead atoms. The van der Waals surface area contributed by atoms with Crippen LogP contribution in [0.3, 0.4) is 0 Å². The molecule has 0 aromatic heterocycles. The van der Waals surface area contributed by atoms with Crippen LogP contribution in [0.5, 0.6) is 0 Å². The summed E-state index contributed by atoms with van der Waals surface area (Å²) in [5, 5.41) is 61.9. The minimum atomic E-state index is -1.17. The summed E-state index contributed by atoms with van der Waals surface area (Å²) in [6.07, 6.45) is 0.624. The Balaban J connectivity index is 1.64. The van der Waals surface area contributed by atoms with Crippen LogP contribution in [0.25, 0.3) is 0 Å². The van der Waals surface area contributed by atoms with E-state index < -0.39 is 47.4 Å². The lowest BCUT2D eigenvalue weighted by Gasteiger charge is -2.17. The van der Waals surface area contributed by atoms with Crippen molar-refractivity contribution in [2.45, 2.75) is 24.3 Å². The molecule has 4 N–H and O–H groups in total. The topological polar surface area (TPSA) is 192 Å². The van der Waals surface area contributed by atoms with Gasteiger partial charge in [-0.3, -0.25) is 30.2 Å². The number of hydrogen-bond acceptors (Lipinski definition) is 10. The molecule has 12 heteroatoms. The lowest BCUT2D eigenvalue weighted by atomic mass is 10.0. The molecule has 0 saturated heterocycles. The van der Waals surface area contributed by atoms with Crippen molar-refractivity contribution in [2.24, 2.45) is 9.98 Å². The minimum Gasteiger partial charge on any atom is -0.394 e. The normalized spacial score (nSPS) is 14.8. The summed E-state index contributed by atoms with van der Waals surface area (Å²) in [6.45, 7) is -0.891. The molecule has 38 heavy (non-hydrogen) atoms. The lowest BCUT2D eigenvalue weighted by molar-refractivity contribution is -0.385. The van der Waals surface area contributed by atoms with Crippen LogP contribution in [-0.4, -0.2) is 68.0 Å². The highest BCUT2D eigenvalue weighted by Gasteiger charge is 2.21. The van der Waals surface area contributed by atoms with Gasteiger partial charge in [0.1, 0.15) is 24.3 Å². The number of benzene rings is 3.